The first-order valence-electron chi connectivity index (χ1n) is 12.1. The summed E-state index contributed by atoms with van der Waals surface area (Å²) in [7, 11) is 0. The molecule has 0 N–H and O–H groups in total. The van der Waals surface area contributed by atoms with Crippen molar-refractivity contribution in [2.24, 2.45) is 16.9 Å². The van der Waals surface area contributed by atoms with Crippen LogP contribution in [0, 0.1) is 11.8 Å². The Bertz CT molecular complexity index is 1250. The van der Waals surface area contributed by atoms with Gasteiger partial charge in [-0.2, -0.15) is 10.1 Å². The summed E-state index contributed by atoms with van der Waals surface area (Å²) in [5.41, 5.74) is 5.27. The topological polar surface area (TPSA) is 68.2 Å². The molecule has 6 nitrogen and oxygen atoms in total. The highest BCUT2D eigenvalue weighted by atomic mass is 16.5. The molecule has 1 heterocycles. The van der Waals surface area contributed by atoms with Gasteiger partial charge in [0.25, 0.3) is 11.8 Å². The molecule has 4 aliphatic rings. The van der Waals surface area contributed by atoms with E-state index in [1.165, 1.54) is 6.21 Å². The van der Waals surface area contributed by atoms with Crippen molar-refractivity contribution in [2.45, 2.75) is 25.7 Å². The zero-order valence-corrected chi connectivity index (χ0v) is 19.7. The van der Waals surface area contributed by atoms with Gasteiger partial charge in [0, 0.05) is 23.5 Å². The van der Waals surface area contributed by atoms with Gasteiger partial charge in [-0.1, -0.05) is 48.5 Å². The van der Waals surface area contributed by atoms with Crippen LogP contribution in [-0.2, 0) is 9.59 Å². The smallest absolute Gasteiger partial charge is 0.254 e. The van der Waals surface area contributed by atoms with Gasteiger partial charge in [0.2, 0.25) is 0 Å². The molecule has 6 heteroatoms. The fourth-order valence-corrected chi connectivity index (χ4v) is 6.05. The normalized spacial score (nSPS) is 23.9. The van der Waals surface area contributed by atoms with Crippen molar-refractivity contribution in [2.75, 3.05) is 13.2 Å². The van der Waals surface area contributed by atoms with Crippen LogP contribution in [0.1, 0.15) is 53.5 Å². The Labute approximate surface area is 204 Å². The van der Waals surface area contributed by atoms with Crippen LogP contribution in [0.3, 0.4) is 0 Å². The SMILES string of the molecule is CCOc1ccc(/C=N\N2C(=O)[C@H]3C4c5ccccc5C(c5ccccc54)[C@@H]3C2=O)c(OCC)c1. The minimum Gasteiger partial charge on any atom is -0.494 e. The zero-order valence-electron chi connectivity index (χ0n) is 19.7. The maximum Gasteiger partial charge on any atom is 0.254 e. The van der Waals surface area contributed by atoms with Gasteiger partial charge >= 0.3 is 0 Å². The molecule has 2 atom stereocenters. The van der Waals surface area contributed by atoms with Crippen molar-refractivity contribution < 1.29 is 19.1 Å². The van der Waals surface area contributed by atoms with Gasteiger partial charge in [-0.05, 0) is 48.2 Å². The summed E-state index contributed by atoms with van der Waals surface area (Å²) in [6, 6.07) is 21.9. The first kappa shape index (κ1) is 21.6. The number of imide groups is 1. The van der Waals surface area contributed by atoms with Gasteiger partial charge in [0.1, 0.15) is 11.5 Å². The van der Waals surface area contributed by atoms with Crippen molar-refractivity contribution >= 4 is 18.0 Å². The first-order valence-corrected chi connectivity index (χ1v) is 12.1. The molecular weight excluding hydrogens is 440 g/mol. The van der Waals surface area contributed by atoms with Gasteiger partial charge in [-0.15, -0.1) is 0 Å². The van der Waals surface area contributed by atoms with Crippen molar-refractivity contribution in [1.82, 2.24) is 5.01 Å². The highest BCUT2D eigenvalue weighted by Gasteiger charge is 2.61. The number of hydrogen-bond acceptors (Lipinski definition) is 5. The van der Waals surface area contributed by atoms with Crippen LogP contribution < -0.4 is 9.47 Å². The Morgan fingerprint density at radius 2 is 1.29 bits per heavy atom. The molecule has 3 aromatic rings. The number of carbonyl (C=O) groups is 2. The number of hydrogen-bond donors (Lipinski definition) is 0. The predicted octanol–water partition coefficient (Wildman–Crippen LogP) is 4.71. The summed E-state index contributed by atoms with van der Waals surface area (Å²) < 4.78 is 11.3. The monoisotopic (exact) mass is 466 g/mol. The van der Waals surface area contributed by atoms with E-state index in [4.69, 9.17) is 9.47 Å². The molecule has 2 bridgehead atoms. The number of ether oxygens (including phenoxy) is 2. The standard InChI is InChI=1S/C29H26N2O4/c1-3-34-18-14-13-17(23(15-18)35-4-2)16-30-31-28(32)26-24-19-9-5-6-10-20(19)25(27(26)29(31)33)22-12-8-7-11-21(22)24/h5-16,24-27H,3-4H2,1-2H3/b30-16-/t24?,25?,26-,27-/m0/s1. The summed E-state index contributed by atoms with van der Waals surface area (Å²) in [5, 5.41) is 5.49. The molecule has 0 saturated carbocycles. The average molecular weight is 467 g/mol. The van der Waals surface area contributed by atoms with Crippen LogP contribution in [0.25, 0.3) is 0 Å². The van der Waals surface area contributed by atoms with Gasteiger partial charge in [-0.3, -0.25) is 9.59 Å². The lowest BCUT2D eigenvalue weighted by Gasteiger charge is -2.45. The molecule has 0 radical (unpaired) electrons. The largest absolute Gasteiger partial charge is 0.494 e. The van der Waals surface area contributed by atoms with Gasteiger partial charge < -0.3 is 9.47 Å². The Morgan fingerprint density at radius 1 is 0.771 bits per heavy atom. The van der Waals surface area contributed by atoms with E-state index in [1.54, 1.807) is 6.07 Å². The number of nitrogens with zero attached hydrogens (tertiary/aromatic N) is 2. The molecule has 0 aromatic heterocycles. The average Bonchev–Trinajstić information content (AvgIpc) is 3.14. The Morgan fingerprint density at radius 3 is 1.77 bits per heavy atom. The third kappa shape index (κ3) is 3.20. The number of amides is 2. The molecular formula is C29H26N2O4. The lowest BCUT2D eigenvalue weighted by molar-refractivity contribution is -0.139. The van der Waals surface area contributed by atoms with Crippen LogP contribution >= 0.6 is 0 Å². The molecule has 3 aliphatic carbocycles. The maximum absolute atomic E-state index is 13.7. The van der Waals surface area contributed by atoms with E-state index in [2.05, 4.69) is 29.4 Å². The zero-order chi connectivity index (χ0) is 24.1. The van der Waals surface area contributed by atoms with Gasteiger partial charge in [0.15, 0.2) is 0 Å². The Kier molecular flexibility index (Phi) is 5.17. The second kappa shape index (κ2) is 8.38. The minimum absolute atomic E-state index is 0.140. The van der Waals surface area contributed by atoms with E-state index in [0.717, 1.165) is 27.3 Å². The van der Waals surface area contributed by atoms with Gasteiger partial charge in [-0.25, -0.2) is 0 Å². The highest BCUT2D eigenvalue weighted by molar-refractivity contribution is 6.08. The van der Waals surface area contributed by atoms with Crippen LogP contribution in [0.15, 0.2) is 71.8 Å². The molecule has 0 spiro atoms. The van der Waals surface area contributed by atoms with Crippen LogP contribution in [0.4, 0.5) is 0 Å². The lowest BCUT2D eigenvalue weighted by Crippen LogP contribution is -2.41. The Balaban J connectivity index is 1.38. The molecule has 176 valence electrons. The number of hydrazone groups is 1. The predicted molar refractivity (Wildman–Crippen MR) is 132 cm³/mol. The molecule has 1 saturated heterocycles. The van der Waals surface area contributed by atoms with E-state index >= 15 is 0 Å². The third-order valence-corrected chi connectivity index (χ3v) is 7.33. The van der Waals surface area contributed by atoms with E-state index in [1.807, 2.05) is 50.2 Å². The van der Waals surface area contributed by atoms with Crippen molar-refractivity contribution in [1.29, 1.82) is 0 Å². The van der Waals surface area contributed by atoms with E-state index in [0.29, 0.717) is 30.3 Å². The summed E-state index contributed by atoms with van der Waals surface area (Å²) in [4.78, 5) is 27.3. The number of rotatable bonds is 6. The highest BCUT2D eigenvalue weighted by Crippen LogP contribution is 2.60. The quantitative estimate of drug-likeness (QED) is 0.390. The third-order valence-electron chi connectivity index (χ3n) is 7.33. The minimum atomic E-state index is -0.443. The van der Waals surface area contributed by atoms with Crippen molar-refractivity contribution in [3.63, 3.8) is 0 Å². The summed E-state index contributed by atoms with van der Waals surface area (Å²) >= 11 is 0. The summed E-state index contributed by atoms with van der Waals surface area (Å²) in [5.74, 6) is -0.351. The van der Waals surface area contributed by atoms with E-state index in [-0.39, 0.29) is 23.7 Å². The fraction of sp³-hybridized carbons (Fsp3) is 0.276. The fourth-order valence-electron chi connectivity index (χ4n) is 6.05. The molecule has 0 unspecified atom stereocenters. The lowest BCUT2D eigenvalue weighted by atomic mass is 9.55. The van der Waals surface area contributed by atoms with E-state index in [9.17, 15) is 9.59 Å². The first-order chi connectivity index (χ1) is 17.1. The van der Waals surface area contributed by atoms with Crippen LogP contribution in [-0.4, -0.2) is 36.3 Å². The number of carbonyl (C=O) groups excluding carboxylic acids is 2. The number of benzene rings is 3. The molecule has 35 heavy (non-hydrogen) atoms. The summed E-state index contributed by atoms with van der Waals surface area (Å²) in [6.45, 7) is 4.84. The molecule has 2 amide bonds. The van der Waals surface area contributed by atoms with Gasteiger partial charge in [0.05, 0.1) is 31.3 Å². The molecule has 7 rings (SSSR count). The molecule has 1 fully saturated rings. The maximum atomic E-state index is 13.7. The molecule has 1 aliphatic heterocycles. The molecule has 3 aromatic carbocycles. The van der Waals surface area contributed by atoms with E-state index < -0.39 is 11.8 Å². The van der Waals surface area contributed by atoms with Crippen molar-refractivity contribution in [3.05, 3.63) is 94.5 Å². The summed E-state index contributed by atoms with van der Waals surface area (Å²) in [6.07, 6.45) is 1.54. The van der Waals surface area contributed by atoms with Crippen LogP contribution in [0.2, 0.25) is 0 Å². The Hall–Kier alpha value is -3.93. The van der Waals surface area contributed by atoms with Crippen LogP contribution in [0.5, 0.6) is 11.5 Å². The van der Waals surface area contributed by atoms with Crippen molar-refractivity contribution in [3.8, 4) is 11.5 Å². The second-order valence-corrected chi connectivity index (χ2v) is 9.06. The second-order valence-electron chi connectivity index (χ2n) is 9.06.